The van der Waals surface area contributed by atoms with Gasteiger partial charge in [0.25, 0.3) is 0 Å². The number of benzene rings is 2. The molecular weight excluding hydrogens is 602 g/mol. The first kappa shape index (κ1) is 26.5. The lowest BCUT2D eigenvalue weighted by Crippen LogP contribution is -2.16. The van der Waals surface area contributed by atoms with Crippen LogP contribution in [0.2, 0.25) is 0 Å². The third-order valence-corrected chi connectivity index (χ3v) is 6.56. The van der Waals surface area contributed by atoms with Gasteiger partial charge in [0, 0.05) is 17.1 Å². The number of hydrazone groups is 1. The van der Waals surface area contributed by atoms with Crippen molar-refractivity contribution in [3.8, 4) is 17.2 Å². The second-order valence-corrected chi connectivity index (χ2v) is 9.82. The maximum absolute atomic E-state index is 12.4. The summed E-state index contributed by atoms with van der Waals surface area (Å²) < 4.78 is 20.7. The number of halogens is 2. The van der Waals surface area contributed by atoms with E-state index in [0.29, 0.717) is 23.9 Å². The maximum atomic E-state index is 12.4. The number of furan rings is 1. The SMILES string of the molecule is C=CCOc1c(Br)cc(/C=N/NC(=O)c2ccc(COc3ccc(-n4c(C)ccc4C)cc3)o2)cc1Br. The molecule has 7 nitrogen and oxygen atoms in total. The number of hydrogen-bond acceptors (Lipinski definition) is 5. The Hall–Kier alpha value is -3.56. The van der Waals surface area contributed by atoms with E-state index in [1.807, 2.05) is 36.4 Å². The van der Waals surface area contributed by atoms with Gasteiger partial charge >= 0.3 is 5.91 Å². The van der Waals surface area contributed by atoms with Crippen molar-refractivity contribution < 1.29 is 18.7 Å². The van der Waals surface area contributed by atoms with E-state index in [2.05, 4.69) is 79.5 Å². The van der Waals surface area contributed by atoms with Crippen LogP contribution in [0.5, 0.6) is 11.5 Å². The lowest BCUT2D eigenvalue weighted by Gasteiger charge is -2.10. The Morgan fingerprint density at radius 2 is 1.70 bits per heavy atom. The van der Waals surface area contributed by atoms with Gasteiger partial charge in [-0.25, -0.2) is 5.43 Å². The zero-order chi connectivity index (χ0) is 26.4. The van der Waals surface area contributed by atoms with E-state index >= 15 is 0 Å². The van der Waals surface area contributed by atoms with E-state index in [1.165, 1.54) is 17.6 Å². The number of amides is 1. The minimum Gasteiger partial charge on any atom is -0.487 e. The molecule has 4 aromatic rings. The van der Waals surface area contributed by atoms with Crippen LogP contribution in [-0.2, 0) is 6.61 Å². The predicted molar refractivity (Wildman–Crippen MR) is 151 cm³/mol. The number of hydrogen-bond donors (Lipinski definition) is 1. The smallest absolute Gasteiger partial charge is 0.307 e. The molecule has 0 saturated carbocycles. The summed E-state index contributed by atoms with van der Waals surface area (Å²) >= 11 is 6.94. The number of nitrogens with one attached hydrogen (secondary N) is 1. The third kappa shape index (κ3) is 6.61. The topological polar surface area (TPSA) is 78.0 Å². The van der Waals surface area contributed by atoms with Gasteiger partial charge in [-0.2, -0.15) is 5.10 Å². The minimum atomic E-state index is -0.464. The predicted octanol–water partition coefficient (Wildman–Crippen LogP) is 7.12. The van der Waals surface area contributed by atoms with Gasteiger partial charge in [-0.3, -0.25) is 4.79 Å². The second kappa shape index (κ2) is 12.1. The van der Waals surface area contributed by atoms with Crippen LogP contribution in [0.15, 0.2) is 91.8 Å². The van der Waals surface area contributed by atoms with Crippen LogP contribution < -0.4 is 14.9 Å². The molecule has 37 heavy (non-hydrogen) atoms. The Bertz CT molecular complexity index is 1400. The van der Waals surface area contributed by atoms with Gasteiger partial charge in [-0.15, -0.1) is 0 Å². The van der Waals surface area contributed by atoms with Crippen molar-refractivity contribution in [3.05, 3.63) is 111 Å². The molecule has 2 aromatic heterocycles. The van der Waals surface area contributed by atoms with Crippen LogP contribution >= 0.6 is 31.9 Å². The first-order valence-electron chi connectivity index (χ1n) is 11.4. The Kier molecular flexibility index (Phi) is 8.68. The van der Waals surface area contributed by atoms with Crippen LogP contribution in [-0.4, -0.2) is 23.3 Å². The number of rotatable bonds is 10. The molecule has 0 aliphatic carbocycles. The number of ether oxygens (including phenoxy) is 2. The molecule has 0 atom stereocenters. The molecule has 0 fully saturated rings. The Morgan fingerprint density at radius 3 is 2.35 bits per heavy atom. The van der Waals surface area contributed by atoms with Gasteiger partial charge in [0.05, 0.1) is 15.2 Å². The molecule has 0 bridgehead atoms. The van der Waals surface area contributed by atoms with E-state index in [9.17, 15) is 4.79 Å². The Balaban J connectivity index is 1.31. The zero-order valence-corrected chi connectivity index (χ0v) is 23.5. The van der Waals surface area contributed by atoms with Gasteiger partial charge in [0.1, 0.15) is 30.5 Å². The Morgan fingerprint density at radius 1 is 1.03 bits per heavy atom. The van der Waals surface area contributed by atoms with Crippen molar-refractivity contribution in [3.63, 3.8) is 0 Å². The maximum Gasteiger partial charge on any atom is 0.307 e. The van der Waals surface area contributed by atoms with E-state index in [4.69, 9.17) is 13.9 Å². The zero-order valence-electron chi connectivity index (χ0n) is 20.3. The summed E-state index contributed by atoms with van der Waals surface area (Å²) in [5.74, 6) is 1.57. The summed E-state index contributed by atoms with van der Waals surface area (Å²) in [4.78, 5) is 12.4. The largest absolute Gasteiger partial charge is 0.487 e. The van der Waals surface area contributed by atoms with Crippen molar-refractivity contribution in [2.24, 2.45) is 5.10 Å². The van der Waals surface area contributed by atoms with Gasteiger partial charge in [0.2, 0.25) is 0 Å². The van der Waals surface area contributed by atoms with Crippen LogP contribution in [0.3, 0.4) is 0 Å². The molecule has 0 aliphatic heterocycles. The molecule has 0 radical (unpaired) electrons. The molecule has 0 spiro atoms. The highest BCUT2D eigenvalue weighted by Crippen LogP contribution is 2.34. The highest BCUT2D eigenvalue weighted by atomic mass is 79.9. The molecule has 1 N–H and O–H groups in total. The van der Waals surface area contributed by atoms with E-state index in [0.717, 1.165) is 20.2 Å². The summed E-state index contributed by atoms with van der Waals surface area (Å²) in [6, 6.07) is 19.0. The standard InChI is InChI=1S/C28H25Br2N3O4/c1-4-13-35-27-24(29)14-20(15-25(27)30)16-31-32-28(34)26-12-11-23(37-26)17-36-22-9-7-21(8-10-22)33-18(2)5-6-19(33)3/h4-12,14-16H,1,13,17H2,2-3H3,(H,32,34)/b31-16+. The first-order valence-corrected chi connectivity index (χ1v) is 13.0. The number of aromatic nitrogens is 1. The minimum absolute atomic E-state index is 0.139. The van der Waals surface area contributed by atoms with Crippen LogP contribution in [0.1, 0.15) is 33.3 Å². The highest BCUT2D eigenvalue weighted by molar-refractivity contribution is 9.11. The lowest BCUT2D eigenvalue weighted by atomic mass is 10.2. The van der Waals surface area contributed by atoms with Gasteiger partial charge in [0.15, 0.2) is 5.76 Å². The van der Waals surface area contributed by atoms with Crippen molar-refractivity contribution in [1.82, 2.24) is 9.99 Å². The number of carbonyl (C=O) groups excluding carboxylic acids is 1. The summed E-state index contributed by atoms with van der Waals surface area (Å²) in [5.41, 5.74) is 6.64. The van der Waals surface area contributed by atoms with Crippen molar-refractivity contribution in [1.29, 1.82) is 0 Å². The fraction of sp³-hybridized carbons (Fsp3) is 0.143. The number of aryl methyl sites for hydroxylation is 2. The summed E-state index contributed by atoms with van der Waals surface area (Å²) in [6.07, 6.45) is 3.19. The quantitative estimate of drug-likeness (QED) is 0.115. The summed E-state index contributed by atoms with van der Waals surface area (Å²) in [6.45, 7) is 8.37. The monoisotopic (exact) mass is 625 g/mol. The van der Waals surface area contributed by atoms with Gasteiger partial charge in [-0.05, 0) is 112 Å². The average molecular weight is 627 g/mol. The van der Waals surface area contributed by atoms with Crippen molar-refractivity contribution >= 4 is 44.0 Å². The van der Waals surface area contributed by atoms with Gasteiger partial charge < -0.3 is 18.5 Å². The molecule has 0 unspecified atom stereocenters. The van der Waals surface area contributed by atoms with Crippen LogP contribution in [0.25, 0.3) is 5.69 Å². The fourth-order valence-corrected chi connectivity index (χ4v) is 5.10. The molecule has 2 heterocycles. The number of nitrogens with zero attached hydrogens (tertiary/aromatic N) is 2. The first-order chi connectivity index (χ1) is 17.9. The van der Waals surface area contributed by atoms with Gasteiger partial charge in [-0.1, -0.05) is 12.7 Å². The van der Waals surface area contributed by atoms with Crippen LogP contribution in [0.4, 0.5) is 0 Å². The van der Waals surface area contributed by atoms with Crippen molar-refractivity contribution in [2.45, 2.75) is 20.5 Å². The van der Waals surface area contributed by atoms with E-state index < -0.39 is 5.91 Å². The van der Waals surface area contributed by atoms with Crippen molar-refractivity contribution in [2.75, 3.05) is 6.61 Å². The molecule has 0 aliphatic rings. The molecule has 2 aromatic carbocycles. The molecular formula is C28H25Br2N3O4. The van der Waals surface area contributed by atoms with E-state index in [1.54, 1.807) is 18.2 Å². The summed E-state index contributed by atoms with van der Waals surface area (Å²) in [7, 11) is 0. The highest BCUT2D eigenvalue weighted by Gasteiger charge is 2.12. The molecule has 9 heteroatoms. The summed E-state index contributed by atoms with van der Waals surface area (Å²) in [5, 5.41) is 4.02. The normalized spacial score (nSPS) is 11.0. The molecule has 190 valence electrons. The molecule has 0 saturated heterocycles. The Labute approximate surface area is 232 Å². The van der Waals surface area contributed by atoms with Crippen LogP contribution in [0, 0.1) is 13.8 Å². The second-order valence-electron chi connectivity index (χ2n) is 8.11. The number of carbonyl (C=O) groups is 1. The fourth-order valence-electron chi connectivity index (χ4n) is 3.65. The molecule has 4 rings (SSSR count). The third-order valence-electron chi connectivity index (χ3n) is 5.38. The average Bonchev–Trinajstić information content (AvgIpc) is 3.49. The van der Waals surface area contributed by atoms with E-state index in [-0.39, 0.29) is 12.4 Å². The molecule has 1 amide bonds. The lowest BCUT2D eigenvalue weighted by molar-refractivity contribution is 0.0923.